The molecule has 0 saturated carbocycles. The van der Waals surface area contributed by atoms with Gasteiger partial charge in [0.15, 0.2) is 29.4 Å². The Morgan fingerprint density at radius 2 is 2.03 bits per heavy atom. The number of hydrogen-bond donors (Lipinski definition) is 1. The number of aromatic nitrogens is 6. The summed E-state index contributed by atoms with van der Waals surface area (Å²) in [7, 11) is 0. The molecule has 1 aromatic carbocycles. The van der Waals surface area contributed by atoms with Crippen LogP contribution in [0.25, 0.3) is 28.4 Å². The molecule has 0 aliphatic carbocycles. The number of rotatable bonds is 4. The van der Waals surface area contributed by atoms with Gasteiger partial charge in [-0.1, -0.05) is 12.1 Å². The van der Waals surface area contributed by atoms with Crippen molar-refractivity contribution in [2.75, 3.05) is 5.73 Å². The summed E-state index contributed by atoms with van der Waals surface area (Å²) < 4.78 is 22.2. The summed E-state index contributed by atoms with van der Waals surface area (Å²) in [6.07, 6.45) is 3.34. The first-order chi connectivity index (χ1) is 15.6. The number of halogens is 1. The molecule has 4 aromatic heterocycles. The highest BCUT2D eigenvalue weighted by molar-refractivity contribution is 5.82. The summed E-state index contributed by atoms with van der Waals surface area (Å²) in [6.45, 7) is 1.75. The lowest BCUT2D eigenvalue weighted by molar-refractivity contribution is 0.566. The molecule has 5 rings (SSSR count). The summed E-state index contributed by atoms with van der Waals surface area (Å²) in [5.41, 5.74) is 8.30. The Bertz CT molecular complexity index is 1500. The van der Waals surface area contributed by atoms with E-state index in [1.165, 1.54) is 23.0 Å². The highest BCUT2D eigenvalue weighted by atomic mass is 19.1. The Morgan fingerprint density at radius 3 is 2.75 bits per heavy atom. The topological polar surface area (TPSA) is 132 Å². The number of oxazole rings is 1. The Morgan fingerprint density at radius 1 is 1.16 bits per heavy atom. The molecule has 156 valence electrons. The van der Waals surface area contributed by atoms with Crippen molar-refractivity contribution >= 4 is 11.5 Å². The van der Waals surface area contributed by atoms with E-state index < -0.39 is 5.82 Å². The maximum atomic E-state index is 15.1. The van der Waals surface area contributed by atoms with Gasteiger partial charge in [0, 0.05) is 17.5 Å². The third kappa shape index (κ3) is 3.13. The van der Waals surface area contributed by atoms with Gasteiger partial charge in [-0.25, -0.2) is 23.9 Å². The summed E-state index contributed by atoms with van der Waals surface area (Å²) in [5, 5.41) is 13.9. The minimum atomic E-state index is -0.714. The number of nitrogen functional groups attached to an aromatic ring is 1. The maximum absolute atomic E-state index is 15.1. The Balaban J connectivity index is 1.80. The summed E-state index contributed by atoms with van der Waals surface area (Å²) in [4.78, 5) is 17.4. The fourth-order valence-electron chi connectivity index (χ4n) is 3.46. The number of hydrogen-bond acceptors (Lipinski definition) is 8. The normalized spacial score (nSPS) is 11.0. The third-order valence-electron chi connectivity index (χ3n) is 4.95. The largest absolute Gasteiger partial charge is 0.441 e. The van der Waals surface area contributed by atoms with Crippen LogP contribution in [0.3, 0.4) is 0 Å². The van der Waals surface area contributed by atoms with E-state index in [9.17, 15) is 5.26 Å². The fraction of sp³-hybridized carbons (Fsp3) is 0.0909. The van der Waals surface area contributed by atoms with Gasteiger partial charge >= 0.3 is 0 Å². The predicted molar refractivity (Wildman–Crippen MR) is 113 cm³/mol. The maximum Gasteiger partial charge on any atom is 0.199 e. The van der Waals surface area contributed by atoms with Crippen LogP contribution in [0.4, 0.5) is 10.2 Å². The standard InChI is InChI=1S/C22H15FN8O/c1-12-20(32-11-27-12)19-18(15-7-4-5-13(10-24)17(15)23)29-21(25)22-28-16(30-31(19)22)9-14-6-2-3-8-26-14/h2-8,11H,9H2,1H3,(H2,25,29). The van der Waals surface area contributed by atoms with E-state index in [0.717, 1.165) is 5.69 Å². The summed E-state index contributed by atoms with van der Waals surface area (Å²) in [6, 6.07) is 11.9. The van der Waals surface area contributed by atoms with Gasteiger partial charge in [0.2, 0.25) is 0 Å². The number of anilines is 1. The van der Waals surface area contributed by atoms with Gasteiger partial charge in [0.25, 0.3) is 0 Å². The first-order valence-electron chi connectivity index (χ1n) is 9.61. The lowest BCUT2D eigenvalue weighted by atomic mass is 10.0. The van der Waals surface area contributed by atoms with Gasteiger partial charge in [-0.2, -0.15) is 5.26 Å². The number of nitrogens with zero attached hydrogens (tertiary/aromatic N) is 7. The van der Waals surface area contributed by atoms with Gasteiger partial charge in [-0.05, 0) is 31.2 Å². The molecule has 5 aromatic rings. The van der Waals surface area contributed by atoms with E-state index in [4.69, 9.17) is 10.2 Å². The van der Waals surface area contributed by atoms with Crippen LogP contribution in [0.2, 0.25) is 0 Å². The Labute approximate surface area is 181 Å². The minimum Gasteiger partial charge on any atom is -0.441 e. The minimum absolute atomic E-state index is 0.0578. The average Bonchev–Trinajstić information content (AvgIpc) is 3.41. The van der Waals surface area contributed by atoms with E-state index in [-0.39, 0.29) is 22.6 Å². The number of aryl methyl sites for hydroxylation is 1. The van der Waals surface area contributed by atoms with Crippen LogP contribution in [0.1, 0.15) is 22.8 Å². The van der Waals surface area contributed by atoms with Crippen molar-refractivity contribution in [2.24, 2.45) is 0 Å². The molecule has 0 amide bonds. The quantitative estimate of drug-likeness (QED) is 0.463. The SMILES string of the molecule is Cc1ncoc1-c1c(-c2cccc(C#N)c2F)nc(N)c2nc(Cc3ccccn3)nn12. The van der Waals surface area contributed by atoms with Crippen LogP contribution in [0.15, 0.2) is 53.4 Å². The van der Waals surface area contributed by atoms with Crippen molar-refractivity contribution in [2.45, 2.75) is 13.3 Å². The first-order valence-corrected chi connectivity index (χ1v) is 9.61. The second-order valence-electron chi connectivity index (χ2n) is 7.00. The van der Waals surface area contributed by atoms with Crippen LogP contribution in [-0.2, 0) is 6.42 Å². The molecule has 4 heterocycles. The number of benzene rings is 1. The molecule has 0 aliphatic heterocycles. The highest BCUT2D eigenvalue weighted by Crippen LogP contribution is 2.36. The van der Waals surface area contributed by atoms with Gasteiger partial charge in [0.1, 0.15) is 23.3 Å². The lowest BCUT2D eigenvalue weighted by Gasteiger charge is -2.12. The molecule has 0 aliphatic rings. The van der Waals surface area contributed by atoms with Gasteiger partial charge in [-0.3, -0.25) is 4.98 Å². The van der Waals surface area contributed by atoms with Gasteiger partial charge in [-0.15, -0.1) is 5.10 Å². The van der Waals surface area contributed by atoms with Crippen molar-refractivity contribution in [1.29, 1.82) is 5.26 Å². The van der Waals surface area contributed by atoms with E-state index in [1.54, 1.807) is 19.2 Å². The summed E-state index contributed by atoms with van der Waals surface area (Å²) in [5.74, 6) is 0.142. The van der Waals surface area contributed by atoms with Crippen molar-refractivity contribution in [3.05, 3.63) is 77.6 Å². The zero-order valence-corrected chi connectivity index (χ0v) is 16.8. The van der Waals surface area contributed by atoms with Crippen LogP contribution in [-0.4, -0.2) is 29.5 Å². The molecule has 32 heavy (non-hydrogen) atoms. The van der Waals surface area contributed by atoms with Crippen molar-refractivity contribution < 1.29 is 8.81 Å². The van der Waals surface area contributed by atoms with E-state index in [0.29, 0.717) is 35.0 Å². The van der Waals surface area contributed by atoms with Crippen LogP contribution in [0.5, 0.6) is 0 Å². The fourth-order valence-corrected chi connectivity index (χ4v) is 3.46. The van der Waals surface area contributed by atoms with Gasteiger partial charge in [0.05, 0.1) is 17.7 Å². The molecule has 2 N–H and O–H groups in total. The molecule has 0 spiro atoms. The average molecular weight is 426 g/mol. The summed E-state index contributed by atoms with van der Waals surface area (Å²) >= 11 is 0. The molecule has 10 heteroatoms. The smallest absolute Gasteiger partial charge is 0.199 e. The monoisotopic (exact) mass is 426 g/mol. The second-order valence-corrected chi connectivity index (χ2v) is 7.00. The molecule has 0 unspecified atom stereocenters. The number of nitriles is 1. The van der Waals surface area contributed by atoms with Crippen molar-refractivity contribution in [3.8, 4) is 28.8 Å². The Hall–Kier alpha value is -4.65. The second kappa shape index (κ2) is 7.55. The number of fused-ring (bicyclic) bond motifs is 1. The number of nitrogens with two attached hydrogens (primary N) is 1. The van der Waals surface area contributed by atoms with Crippen molar-refractivity contribution in [3.63, 3.8) is 0 Å². The van der Waals surface area contributed by atoms with Crippen LogP contribution < -0.4 is 5.73 Å². The molecule has 0 radical (unpaired) electrons. The van der Waals surface area contributed by atoms with Crippen LogP contribution in [0, 0.1) is 24.1 Å². The lowest BCUT2D eigenvalue weighted by Crippen LogP contribution is -2.06. The van der Waals surface area contributed by atoms with Gasteiger partial charge < -0.3 is 10.2 Å². The van der Waals surface area contributed by atoms with E-state index in [1.807, 2.05) is 24.3 Å². The van der Waals surface area contributed by atoms with Crippen LogP contribution >= 0.6 is 0 Å². The van der Waals surface area contributed by atoms with E-state index in [2.05, 4.69) is 25.0 Å². The molecule has 9 nitrogen and oxygen atoms in total. The molecule has 0 fully saturated rings. The predicted octanol–water partition coefficient (Wildman–Crippen LogP) is 3.33. The molecule has 0 saturated heterocycles. The van der Waals surface area contributed by atoms with Crippen molar-refractivity contribution in [1.82, 2.24) is 29.5 Å². The number of pyridine rings is 1. The zero-order chi connectivity index (χ0) is 22.2. The first kappa shape index (κ1) is 19.3. The molecular formula is C22H15FN8O. The molecule has 0 atom stereocenters. The van der Waals surface area contributed by atoms with E-state index >= 15 is 4.39 Å². The highest BCUT2D eigenvalue weighted by Gasteiger charge is 2.25. The Kier molecular flexibility index (Phi) is 4.56. The molecule has 0 bridgehead atoms. The third-order valence-corrected chi connectivity index (χ3v) is 4.95. The zero-order valence-electron chi connectivity index (χ0n) is 16.8. The molecular weight excluding hydrogens is 411 g/mol.